The number of nitrogens with zero attached hydrogens (tertiary/aromatic N) is 3. The Kier molecular flexibility index (Phi) is 7.06. The first-order valence-electron chi connectivity index (χ1n) is 11.9. The number of hydrogen-bond donors (Lipinski definition) is 1. The molecular formula is C30H24N4O3S. The lowest BCUT2D eigenvalue weighted by molar-refractivity contribution is -0.385. The molecule has 0 saturated heterocycles. The molecule has 4 aromatic carbocycles. The lowest BCUT2D eigenvalue weighted by atomic mass is 10.1. The predicted octanol–water partition coefficient (Wildman–Crippen LogP) is 7.47. The number of aromatic nitrogens is 2. The van der Waals surface area contributed by atoms with Crippen LogP contribution in [0.25, 0.3) is 16.9 Å². The third-order valence-corrected chi connectivity index (χ3v) is 6.99. The van der Waals surface area contributed by atoms with Crippen LogP contribution in [-0.2, 0) is 0 Å². The summed E-state index contributed by atoms with van der Waals surface area (Å²) < 4.78 is 1.74. The number of nitrogens with one attached hydrogen (secondary N) is 1. The fourth-order valence-electron chi connectivity index (χ4n) is 4.15. The van der Waals surface area contributed by atoms with Gasteiger partial charge in [0.05, 0.1) is 21.9 Å². The summed E-state index contributed by atoms with van der Waals surface area (Å²) in [7, 11) is 0. The van der Waals surface area contributed by atoms with E-state index in [1.807, 2.05) is 98.8 Å². The van der Waals surface area contributed by atoms with Crippen LogP contribution < -0.4 is 5.32 Å². The number of nitro benzene ring substituents is 1. The van der Waals surface area contributed by atoms with Crippen molar-refractivity contribution >= 4 is 29.0 Å². The smallest absolute Gasteiger partial charge is 0.272 e. The molecule has 188 valence electrons. The molecular weight excluding hydrogens is 496 g/mol. The van der Waals surface area contributed by atoms with E-state index in [2.05, 4.69) is 5.32 Å². The zero-order chi connectivity index (χ0) is 26.6. The van der Waals surface area contributed by atoms with Crippen molar-refractivity contribution in [2.75, 3.05) is 5.32 Å². The first-order valence-corrected chi connectivity index (χ1v) is 12.8. The molecule has 0 unspecified atom stereocenters. The number of para-hydroxylation sites is 1. The van der Waals surface area contributed by atoms with Crippen LogP contribution in [0.15, 0.2) is 113 Å². The Balaban J connectivity index is 1.54. The highest BCUT2D eigenvalue weighted by Gasteiger charge is 2.24. The van der Waals surface area contributed by atoms with Gasteiger partial charge in [0.15, 0.2) is 0 Å². The molecule has 1 heterocycles. The van der Waals surface area contributed by atoms with Crippen molar-refractivity contribution in [1.29, 1.82) is 0 Å². The fourth-order valence-corrected chi connectivity index (χ4v) is 5.06. The SMILES string of the molecule is Cc1ccc(Sc2cc(NC(=O)c3c(-c4ccccc4)nn(-c4ccccc4)c3C)cc([N+](=O)[O-])c2)cc1. The van der Waals surface area contributed by atoms with Gasteiger partial charge in [0.2, 0.25) is 0 Å². The second-order valence-corrected chi connectivity index (χ2v) is 9.91. The number of amides is 1. The number of carbonyl (C=O) groups is 1. The van der Waals surface area contributed by atoms with E-state index in [0.29, 0.717) is 27.5 Å². The molecule has 0 aliphatic rings. The Bertz CT molecular complexity index is 1620. The van der Waals surface area contributed by atoms with E-state index in [9.17, 15) is 14.9 Å². The van der Waals surface area contributed by atoms with Crippen molar-refractivity contribution in [1.82, 2.24) is 9.78 Å². The average molecular weight is 521 g/mol. The number of nitro groups is 1. The van der Waals surface area contributed by atoms with Gasteiger partial charge in [-0.25, -0.2) is 4.68 Å². The number of hydrogen-bond acceptors (Lipinski definition) is 5. The largest absolute Gasteiger partial charge is 0.322 e. The number of aryl methyl sites for hydroxylation is 1. The van der Waals surface area contributed by atoms with Gasteiger partial charge in [-0.2, -0.15) is 5.10 Å². The first kappa shape index (κ1) is 25.0. The summed E-state index contributed by atoms with van der Waals surface area (Å²) in [5.41, 5.74) is 4.58. The van der Waals surface area contributed by atoms with Gasteiger partial charge < -0.3 is 5.32 Å². The molecule has 0 fully saturated rings. The van der Waals surface area contributed by atoms with Crippen molar-refractivity contribution in [3.63, 3.8) is 0 Å². The molecule has 0 aliphatic carbocycles. The molecule has 0 bridgehead atoms. The maximum absolute atomic E-state index is 13.7. The van der Waals surface area contributed by atoms with E-state index >= 15 is 0 Å². The maximum Gasteiger partial charge on any atom is 0.272 e. The topological polar surface area (TPSA) is 90.1 Å². The Hall–Kier alpha value is -4.69. The van der Waals surface area contributed by atoms with Gasteiger partial charge in [0.1, 0.15) is 5.69 Å². The third kappa shape index (κ3) is 5.35. The van der Waals surface area contributed by atoms with E-state index < -0.39 is 10.8 Å². The van der Waals surface area contributed by atoms with Crippen LogP contribution in [-0.4, -0.2) is 20.6 Å². The summed E-state index contributed by atoms with van der Waals surface area (Å²) in [6, 6.07) is 31.6. The van der Waals surface area contributed by atoms with Crippen LogP contribution >= 0.6 is 11.8 Å². The van der Waals surface area contributed by atoms with Gasteiger partial charge in [0.25, 0.3) is 11.6 Å². The van der Waals surface area contributed by atoms with Crippen LogP contribution in [0.4, 0.5) is 11.4 Å². The molecule has 8 heteroatoms. The predicted molar refractivity (Wildman–Crippen MR) is 150 cm³/mol. The highest BCUT2D eigenvalue weighted by atomic mass is 32.2. The molecule has 0 radical (unpaired) electrons. The minimum absolute atomic E-state index is 0.0996. The number of anilines is 1. The maximum atomic E-state index is 13.7. The van der Waals surface area contributed by atoms with Crippen LogP contribution in [0.2, 0.25) is 0 Å². The summed E-state index contributed by atoms with van der Waals surface area (Å²) in [6.45, 7) is 3.84. The minimum Gasteiger partial charge on any atom is -0.322 e. The Morgan fingerprint density at radius 3 is 2.18 bits per heavy atom. The normalized spacial score (nSPS) is 10.8. The van der Waals surface area contributed by atoms with Crippen LogP contribution in [0.3, 0.4) is 0 Å². The number of rotatable bonds is 7. The van der Waals surface area contributed by atoms with Crippen molar-refractivity contribution < 1.29 is 9.72 Å². The standard InChI is InChI=1S/C30H24N4O3S/c1-20-13-15-26(16-14-20)38-27-18-23(17-25(19-27)34(36)37)31-30(35)28-21(2)33(24-11-7-4-8-12-24)32-29(28)22-9-5-3-6-10-22/h3-19H,1-2H3,(H,31,35). The Morgan fingerprint density at radius 2 is 1.53 bits per heavy atom. The van der Waals surface area contributed by atoms with E-state index in [1.54, 1.807) is 10.7 Å². The lowest BCUT2D eigenvalue weighted by Gasteiger charge is -2.10. The molecule has 1 amide bonds. The number of benzene rings is 4. The Labute approximate surface area is 224 Å². The highest BCUT2D eigenvalue weighted by Crippen LogP contribution is 2.34. The molecule has 0 aliphatic heterocycles. The van der Waals surface area contributed by atoms with Crippen LogP contribution in [0.1, 0.15) is 21.6 Å². The summed E-state index contributed by atoms with van der Waals surface area (Å²) in [5, 5.41) is 19.4. The zero-order valence-electron chi connectivity index (χ0n) is 20.8. The van der Waals surface area contributed by atoms with E-state index in [-0.39, 0.29) is 5.69 Å². The van der Waals surface area contributed by atoms with Gasteiger partial charge in [-0.3, -0.25) is 14.9 Å². The summed E-state index contributed by atoms with van der Waals surface area (Å²) in [5.74, 6) is -0.393. The molecule has 0 atom stereocenters. The molecule has 5 rings (SSSR count). The average Bonchev–Trinajstić information content (AvgIpc) is 3.28. The monoisotopic (exact) mass is 520 g/mol. The minimum atomic E-state index is -0.455. The molecule has 7 nitrogen and oxygen atoms in total. The van der Waals surface area contributed by atoms with Crippen molar-refractivity contribution in [2.45, 2.75) is 23.6 Å². The highest BCUT2D eigenvalue weighted by molar-refractivity contribution is 7.99. The van der Waals surface area contributed by atoms with Gasteiger partial charge in [0, 0.05) is 33.2 Å². The van der Waals surface area contributed by atoms with E-state index in [0.717, 1.165) is 21.7 Å². The summed E-state index contributed by atoms with van der Waals surface area (Å²) in [4.78, 5) is 26.5. The van der Waals surface area contributed by atoms with Crippen LogP contribution in [0, 0.1) is 24.0 Å². The fraction of sp³-hybridized carbons (Fsp3) is 0.0667. The molecule has 38 heavy (non-hydrogen) atoms. The van der Waals surface area contributed by atoms with Crippen molar-refractivity contribution in [3.8, 4) is 16.9 Å². The van der Waals surface area contributed by atoms with Gasteiger partial charge >= 0.3 is 0 Å². The van der Waals surface area contributed by atoms with Gasteiger partial charge in [-0.15, -0.1) is 0 Å². The second kappa shape index (κ2) is 10.7. The molecule has 1 aromatic heterocycles. The molecule has 1 N–H and O–H groups in total. The van der Waals surface area contributed by atoms with Gasteiger partial charge in [-0.1, -0.05) is 78.0 Å². The number of non-ortho nitro benzene ring substituents is 1. The summed E-state index contributed by atoms with van der Waals surface area (Å²) >= 11 is 1.40. The third-order valence-electron chi connectivity index (χ3n) is 6.01. The Morgan fingerprint density at radius 1 is 0.868 bits per heavy atom. The van der Waals surface area contributed by atoms with E-state index in [4.69, 9.17) is 5.10 Å². The molecule has 5 aromatic rings. The lowest BCUT2D eigenvalue weighted by Crippen LogP contribution is -2.14. The first-order chi connectivity index (χ1) is 18.4. The molecule has 0 saturated carbocycles. The second-order valence-electron chi connectivity index (χ2n) is 8.76. The van der Waals surface area contributed by atoms with Crippen molar-refractivity contribution in [3.05, 3.63) is 130 Å². The van der Waals surface area contributed by atoms with E-state index in [1.165, 1.54) is 23.9 Å². The van der Waals surface area contributed by atoms with Crippen LogP contribution in [0.5, 0.6) is 0 Å². The van der Waals surface area contributed by atoms with Crippen molar-refractivity contribution in [2.24, 2.45) is 0 Å². The molecule has 0 spiro atoms. The number of carbonyl (C=O) groups excluding carboxylic acids is 1. The van der Waals surface area contributed by atoms with Gasteiger partial charge in [-0.05, 0) is 44.2 Å². The quantitative estimate of drug-likeness (QED) is 0.178. The summed E-state index contributed by atoms with van der Waals surface area (Å²) in [6.07, 6.45) is 0. The zero-order valence-corrected chi connectivity index (χ0v) is 21.6.